The standard InChI is InChI=1S/C9H15N3S/c1-6-4-3-5-8(6)10-9-12-11-7(2)13-9/h6,8H,3-5H2,1-2H3,(H,10,12). The van der Waals surface area contributed by atoms with E-state index in [0.717, 1.165) is 16.1 Å². The average molecular weight is 197 g/mol. The number of aryl methyl sites for hydroxylation is 1. The predicted octanol–water partition coefficient (Wildman–Crippen LogP) is 2.45. The van der Waals surface area contributed by atoms with E-state index in [4.69, 9.17) is 0 Å². The molecule has 2 rings (SSSR count). The van der Waals surface area contributed by atoms with Crippen molar-refractivity contribution in [3.05, 3.63) is 5.01 Å². The van der Waals surface area contributed by atoms with Gasteiger partial charge in [-0.05, 0) is 25.7 Å². The fraction of sp³-hybridized carbons (Fsp3) is 0.778. The Balaban J connectivity index is 1.97. The summed E-state index contributed by atoms with van der Waals surface area (Å²) in [4.78, 5) is 0. The fourth-order valence-corrected chi connectivity index (χ4v) is 2.53. The van der Waals surface area contributed by atoms with Crippen LogP contribution in [0.2, 0.25) is 0 Å². The molecule has 13 heavy (non-hydrogen) atoms. The molecule has 0 aliphatic heterocycles. The third-order valence-electron chi connectivity index (χ3n) is 2.70. The van der Waals surface area contributed by atoms with Crippen LogP contribution < -0.4 is 5.32 Å². The minimum Gasteiger partial charge on any atom is -0.357 e. The van der Waals surface area contributed by atoms with Gasteiger partial charge in [0.25, 0.3) is 0 Å². The Morgan fingerprint density at radius 3 is 2.77 bits per heavy atom. The lowest BCUT2D eigenvalue weighted by Gasteiger charge is -2.15. The topological polar surface area (TPSA) is 37.8 Å². The van der Waals surface area contributed by atoms with Gasteiger partial charge in [-0.2, -0.15) is 0 Å². The highest BCUT2D eigenvalue weighted by Gasteiger charge is 2.23. The molecule has 0 aromatic carbocycles. The highest BCUT2D eigenvalue weighted by Crippen LogP contribution is 2.28. The molecule has 1 aliphatic carbocycles. The van der Waals surface area contributed by atoms with Crippen LogP contribution >= 0.6 is 11.3 Å². The molecule has 1 aromatic rings. The van der Waals surface area contributed by atoms with Gasteiger partial charge in [0.2, 0.25) is 5.13 Å². The molecule has 1 heterocycles. The Bertz CT molecular complexity index is 284. The summed E-state index contributed by atoms with van der Waals surface area (Å²) >= 11 is 1.64. The molecule has 2 atom stereocenters. The summed E-state index contributed by atoms with van der Waals surface area (Å²) in [5.41, 5.74) is 0. The van der Waals surface area contributed by atoms with Crippen molar-refractivity contribution in [1.82, 2.24) is 10.2 Å². The van der Waals surface area contributed by atoms with Crippen molar-refractivity contribution in [1.29, 1.82) is 0 Å². The third kappa shape index (κ3) is 1.99. The Labute approximate surface area is 82.6 Å². The number of hydrogen-bond donors (Lipinski definition) is 1. The summed E-state index contributed by atoms with van der Waals surface area (Å²) in [7, 11) is 0. The summed E-state index contributed by atoms with van der Waals surface area (Å²) < 4.78 is 0. The van der Waals surface area contributed by atoms with Crippen LogP contribution in [0.1, 0.15) is 31.2 Å². The quantitative estimate of drug-likeness (QED) is 0.791. The first-order chi connectivity index (χ1) is 6.25. The summed E-state index contributed by atoms with van der Waals surface area (Å²) in [6.45, 7) is 4.29. The summed E-state index contributed by atoms with van der Waals surface area (Å²) in [6, 6.07) is 0.618. The predicted molar refractivity (Wildman–Crippen MR) is 55.1 cm³/mol. The minimum absolute atomic E-state index is 0.618. The van der Waals surface area contributed by atoms with E-state index in [1.165, 1.54) is 19.3 Å². The molecule has 1 aliphatic rings. The Kier molecular flexibility index (Phi) is 2.49. The monoisotopic (exact) mass is 197 g/mol. The van der Waals surface area contributed by atoms with Crippen LogP contribution in [0, 0.1) is 12.8 Å². The fourth-order valence-electron chi connectivity index (χ4n) is 1.87. The van der Waals surface area contributed by atoms with Gasteiger partial charge in [0.05, 0.1) is 0 Å². The number of aromatic nitrogens is 2. The number of nitrogens with one attached hydrogen (secondary N) is 1. The van der Waals surface area contributed by atoms with Crippen molar-refractivity contribution in [2.45, 2.75) is 39.2 Å². The van der Waals surface area contributed by atoms with E-state index >= 15 is 0 Å². The molecular weight excluding hydrogens is 182 g/mol. The molecule has 3 nitrogen and oxygen atoms in total. The first-order valence-corrected chi connectivity index (χ1v) is 5.64. The maximum Gasteiger partial charge on any atom is 0.205 e. The average Bonchev–Trinajstić information content (AvgIpc) is 2.64. The van der Waals surface area contributed by atoms with Crippen molar-refractivity contribution in [2.24, 2.45) is 5.92 Å². The lowest BCUT2D eigenvalue weighted by Crippen LogP contribution is -2.21. The van der Waals surface area contributed by atoms with Gasteiger partial charge in [0, 0.05) is 6.04 Å². The Morgan fingerprint density at radius 1 is 1.38 bits per heavy atom. The van der Waals surface area contributed by atoms with Crippen LogP contribution in [0.4, 0.5) is 5.13 Å². The van der Waals surface area contributed by atoms with E-state index in [1.807, 2.05) is 6.92 Å². The lowest BCUT2D eigenvalue weighted by atomic mass is 10.1. The number of rotatable bonds is 2. The van der Waals surface area contributed by atoms with Gasteiger partial charge in [0.1, 0.15) is 5.01 Å². The minimum atomic E-state index is 0.618. The maximum atomic E-state index is 4.07. The molecule has 1 saturated carbocycles. The van der Waals surface area contributed by atoms with E-state index in [1.54, 1.807) is 11.3 Å². The molecule has 0 saturated heterocycles. The molecule has 0 spiro atoms. The van der Waals surface area contributed by atoms with Gasteiger partial charge in [0.15, 0.2) is 0 Å². The first kappa shape index (κ1) is 8.94. The van der Waals surface area contributed by atoms with E-state index < -0.39 is 0 Å². The zero-order valence-corrected chi connectivity index (χ0v) is 8.90. The van der Waals surface area contributed by atoms with Gasteiger partial charge in [-0.3, -0.25) is 0 Å². The van der Waals surface area contributed by atoms with Crippen molar-refractivity contribution in [3.8, 4) is 0 Å². The van der Waals surface area contributed by atoms with Crippen molar-refractivity contribution in [2.75, 3.05) is 5.32 Å². The summed E-state index contributed by atoms with van der Waals surface area (Å²) in [6.07, 6.45) is 3.96. The maximum absolute atomic E-state index is 4.07. The van der Waals surface area contributed by atoms with Gasteiger partial charge < -0.3 is 5.32 Å². The van der Waals surface area contributed by atoms with E-state index in [9.17, 15) is 0 Å². The molecule has 0 radical (unpaired) electrons. The van der Waals surface area contributed by atoms with Crippen molar-refractivity contribution >= 4 is 16.5 Å². The molecule has 2 unspecified atom stereocenters. The smallest absolute Gasteiger partial charge is 0.205 e. The summed E-state index contributed by atoms with van der Waals surface area (Å²) in [5.74, 6) is 0.782. The van der Waals surface area contributed by atoms with Crippen LogP contribution in [-0.2, 0) is 0 Å². The van der Waals surface area contributed by atoms with Gasteiger partial charge in [-0.1, -0.05) is 24.7 Å². The van der Waals surface area contributed by atoms with Crippen molar-refractivity contribution < 1.29 is 0 Å². The second kappa shape index (κ2) is 3.62. The number of anilines is 1. The van der Waals surface area contributed by atoms with Crippen LogP contribution in [-0.4, -0.2) is 16.2 Å². The van der Waals surface area contributed by atoms with Crippen LogP contribution in [0.25, 0.3) is 0 Å². The molecule has 0 amide bonds. The van der Waals surface area contributed by atoms with E-state index in [0.29, 0.717) is 6.04 Å². The Morgan fingerprint density at radius 2 is 2.23 bits per heavy atom. The molecule has 72 valence electrons. The van der Waals surface area contributed by atoms with Gasteiger partial charge in [-0.15, -0.1) is 10.2 Å². The Hall–Kier alpha value is -0.640. The molecule has 4 heteroatoms. The second-order valence-electron chi connectivity index (χ2n) is 3.79. The van der Waals surface area contributed by atoms with Crippen LogP contribution in [0.15, 0.2) is 0 Å². The molecule has 1 aromatic heterocycles. The molecule has 1 fully saturated rings. The molecular formula is C9H15N3S. The zero-order chi connectivity index (χ0) is 9.26. The van der Waals surface area contributed by atoms with E-state index in [-0.39, 0.29) is 0 Å². The molecule has 0 bridgehead atoms. The lowest BCUT2D eigenvalue weighted by molar-refractivity contribution is 0.555. The summed E-state index contributed by atoms with van der Waals surface area (Å²) in [5, 5.41) is 13.5. The first-order valence-electron chi connectivity index (χ1n) is 4.82. The highest BCUT2D eigenvalue weighted by molar-refractivity contribution is 7.15. The largest absolute Gasteiger partial charge is 0.357 e. The molecule has 1 N–H and O–H groups in total. The van der Waals surface area contributed by atoms with Crippen molar-refractivity contribution in [3.63, 3.8) is 0 Å². The number of hydrogen-bond acceptors (Lipinski definition) is 4. The van der Waals surface area contributed by atoms with Crippen LogP contribution in [0.3, 0.4) is 0 Å². The van der Waals surface area contributed by atoms with Gasteiger partial charge >= 0.3 is 0 Å². The zero-order valence-electron chi connectivity index (χ0n) is 8.08. The second-order valence-corrected chi connectivity index (χ2v) is 4.97. The van der Waals surface area contributed by atoms with Gasteiger partial charge in [-0.25, -0.2) is 0 Å². The SMILES string of the molecule is Cc1nnc(NC2CCCC2C)s1. The highest BCUT2D eigenvalue weighted by atomic mass is 32.1. The third-order valence-corrected chi connectivity index (χ3v) is 3.47. The number of nitrogens with zero attached hydrogens (tertiary/aromatic N) is 2. The normalized spacial score (nSPS) is 27.8. The van der Waals surface area contributed by atoms with Crippen LogP contribution in [0.5, 0.6) is 0 Å². The van der Waals surface area contributed by atoms with E-state index in [2.05, 4.69) is 22.4 Å².